The second kappa shape index (κ2) is 13.3. The van der Waals surface area contributed by atoms with Crippen LogP contribution in [-0.2, 0) is 27.2 Å². The van der Waals surface area contributed by atoms with Gasteiger partial charge in [0.2, 0.25) is 0 Å². The Morgan fingerprint density at radius 2 is 1.29 bits per heavy atom. The first-order valence-corrected chi connectivity index (χ1v) is 10.8. The minimum absolute atomic E-state index is 0. The van der Waals surface area contributed by atoms with Crippen molar-refractivity contribution in [2.45, 2.75) is 38.8 Å². The maximum Gasteiger partial charge on any atom is 0.315 e. The van der Waals surface area contributed by atoms with Gasteiger partial charge in [0.25, 0.3) is 0 Å². The summed E-state index contributed by atoms with van der Waals surface area (Å²) in [6, 6.07) is 22.7. The summed E-state index contributed by atoms with van der Waals surface area (Å²) in [6.45, 7) is 3.86. The van der Waals surface area contributed by atoms with E-state index in [1.165, 1.54) is 0 Å². The molecule has 7 heteroatoms. The fourth-order valence-corrected chi connectivity index (χ4v) is 3.30. The molecule has 0 aliphatic rings. The summed E-state index contributed by atoms with van der Waals surface area (Å²) in [7, 11) is 0. The van der Waals surface area contributed by atoms with Crippen molar-refractivity contribution >= 4 is 30.6 Å². The van der Waals surface area contributed by atoms with Crippen LogP contribution in [0.25, 0.3) is 0 Å². The second-order valence-corrected chi connectivity index (χ2v) is 7.91. The molecule has 3 rings (SSSR count). The maximum atomic E-state index is 12.6. The third kappa shape index (κ3) is 8.14. The highest BCUT2D eigenvalue weighted by Crippen LogP contribution is 2.31. The number of carbonyl (C=O) groups excluding carboxylic acids is 3. The van der Waals surface area contributed by atoms with Crippen molar-refractivity contribution in [2.75, 3.05) is 0 Å². The molecule has 0 spiro atoms. The van der Waals surface area contributed by atoms with E-state index in [9.17, 15) is 14.4 Å². The molecule has 1 unspecified atom stereocenters. The molecule has 0 radical (unpaired) electrons. The number of hydrogen-bond acceptors (Lipinski definition) is 6. The Hall–Kier alpha value is -3.48. The van der Waals surface area contributed by atoms with Gasteiger partial charge in [-0.3, -0.25) is 9.59 Å². The molecule has 0 amide bonds. The first-order valence-electron chi connectivity index (χ1n) is 10.8. The van der Waals surface area contributed by atoms with Gasteiger partial charge in [0.1, 0.15) is 6.29 Å². The molecule has 0 heterocycles. The molecule has 1 atom stereocenters. The van der Waals surface area contributed by atoms with E-state index in [1.54, 1.807) is 18.2 Å². The zero-order valence-electron chi connectivity index (χ0n) is 19.1. The van der Waals surface area contributed by atoms with Gasteiger partial charge in [0, 0.05) is 6.04 Å². The molecule has 0 saturated carbocycles. The Labute approximate surface area is 205 Å². The number of ether oxygens (including phenoxy) is 2. The molecule has 0 saturated heterocycles. The van der Waals surface area contributed by atoms with Gasteiger partial charge in [-0.2, -0.15) is 0 Å². The molecule has 0 aliphatic carbocycles. The number of halogens is 1. The van der Waals surface area contributed by atoms with Gasteiger partial charge in [0.15, 0.2) is 11.5 Å². The van der Waals surface area contributed by atoms with E-state index in [2.05, 4.69) is 5.32 Å². The van der Waals surface area contributed by atoms with Gasteiger partial charge in [-0.15, -0.1) is 12.4 Å². The fourth-order valence-electron chi connectivity index (χ4n) is 3.30. The lowest BCUT2D eigenvalue weighted by molar-refractivity contribution is -0.136. The van der Waals surface area contributed by atoms with E-state index in [4.69, 9.17) is 9.47 Å². The number of rotatable bonds is 10. The fraction of sp³-hybridized carbons (Fsp3) is 0.222. The van der Waals surface area contributed by atoms with Crippen molar-refractivity contribution in [3.63, 3.8) is 0 Å². The Bertz CT molecular complexity index is 1090. The summed E-state index contributed by atoms with van der Waals surface area (Å²) in [5.74, 6) is -0.776. The Kier molecular flexibility index (Phi) is 10.5. The number of hydrogen-bond donors (Lipinski definition) is 1. The quantitative estimate of drug-likeness (QED) is 0.258. The van der Waals surface area contributed by atoms with Crippen molar-refractivity contribution in [1.82, 2.24) is 5.32 Å². The Balaban J connectivity index is 0.00000408. The van der Waals surface area contributed by atoms with Crippen LogP contribution in [0.2, 0.25) is 0 Å². The topological polar surface area (TPSA) is 81.7 Å². The monoisotopic (exact) mass is 481 g/mol. The minimum atomic E-state index is -0.592. The minimum Gasteiger partial charge on any atom is -0.422 e. The summed E-state index contributed by atoms with van der Waals surface area (Å²) in [5.41, 5.74) is 2.21. The third-order valence-electron chi connectivity index (χ3n) is 4.81. The van der Waals surface area contributed by atoms with Crippen LogP contribution in [0.4, 0.5) is 0 Å². The number of aldehydes is 1. The second-order valence-electron chi connectivity index (χ2n) is 7.91. The summed E-state index contributed by atoms with van der Waals surface area (Å²) < 4.78 is 11.1. The van der Waals surface area contributed by atoms with E-state index < -0.39 is 18.0 Å². The van der Waals surface area contributed by atoms with Crippen LogP contribution in [0.3, 0.4) is 0 Å². The lowest BCUT2D eigenvalue weighted by Crippen LogP contribution is -2.29. The number of esters is 2. The summed E-state index contributed by atoms with van der Waals surface area (Å²) in [6.07, 6.45) is 0.918. The SMILES string of the molecule is CC(C)NC(C=O)c1ccc(OC(=O)Cc2ccccc2)c(OC(=O)Cc2ccccc2)c1.Cl. The molecule has 1 N–H and O–H groups in total. The van der Waals surface area contributed by atoms with Crippen LogP contribution in [0.15, 0.2) is 78.9 Å². The summed E-state index contributed by atoms with van der Waals surface area (Å²) in [4.78, 5) is 36.7. The van der Waals surface area contributed by atoms with Crippen molar-refractivity contribution in [2.24, 2.45) is 0 Å². The van der Waals surface area contributed by atoms with Gasteiger partial charge in [-0.1, -0.05) is 66.7 Å². The average Bonchev–Trinajstić information content (AvgIpc) is 2.79. The van der Waals surface area contributed by atoms with Crippen molar-refractivity contribution in [1.29, 1.82) is 0 Å². The van der Waals surface area contributed by atoms with E-state index >= 15 is 0 Å². The van der Waals surface area contributed by atoms with Gasteiger partial charge in [0.05, 0.1) is 18.9 Å². The van der Waals surface area contributed by atoms with Gasteiger partial charge >= 0.3 is 11.9 Å². The number of nitrogens with one attached hydrogen (secondary N) is 1. The van der Waals surface area contributed by atoms with Crippen LogP contribution in [0.1, 0.15) is 36.6 Å². The molecule has 3 aromatic rings. The first kappa shape index (κ1) is 26.8. The molecular weight excluding hydrogens is 454 g/mol. The van der Waals surface area contributed by atoms with Crippen LogP contribution in [0.5, 0.6) is 11.5 Å². The third-order valence-corrected chi connectivity index (χ3v) is 4.81. The average molecular weight is 482 g/mol. The molecule has 0 aliphatic heterocycles. The smallest absolute Gasteiger partial charge is 0.315 e. The van der Waals surface area contributed by atoms with Crippen molar-refractivity contribution in [3.8, 4) is 11.5 Å². The molecule has 0 fully saturated rings. The first-order chi connectivity index (χ1) is 15.9. The number of benzene rings is 3. The molecule has 0 bridgehead atoms. The molecule has 34 heavy (non-hydrogen) atoms. The van der Waals surface area contributed by atoms with Crippen LogP contribution >= 0.6 is 12.4 Å². The lowest BCUT2D eigenvalue weighted by atomic mass is 10.1. The number of carbonyl (C=O) groups is 3. The van der Waals surface area contributed by atoms with E-state index in [-0.39, 0.29) is 42.8 Å². The maximum absolute atomic E-state index is 12.6. The molecular formula is C27H28ClNO5. The highest BCUT2D eigenvalue weighted by molar-refractivity contribution is 5.85. The van der Waals surface area contributed by atoms with Crippen LogP contribution in [-0.4, -0.2) is 24.3 Å². The normalized spacial score (nSPS) is 11.3. The van der Waals surface area contributed by atoms with Crippen LogP contribution < -0.4 is 14.8 Å². The van der Waals surface area contributed by atoms with Crippen LogP contribution in [0, 0.1) is 0 Å². The Morgan fingerprint density at radius 3 is 1.76 bits per heavy atom. The predicted octanol–water partition coefficient (Wildman–Crippen LogP) is 4.64. The summed E-state index contributed by atoms with van der Waals surface area (Å²) in [5, 5.41) is 3.14. The zero-order chi connectivity index (χ0) is 23.6. The zero-order valence-corrected chi connectivity index (χ0v) is 19.9. The molecule has 6 nitrogen and oxygen atoms in total. The molecule has 178 valence electrons. The van der Waals surface area contributed by atoms with Gasteiger partial charge in [-0.05, 0) is 42.7 Å². The largest absolute Gasteiger partial charge is 0.422 e. The van der Waals surface area contributed by atoms with E-state index in [1.807, 2.05) is 74.5 Å². The predicted molar refractivity (Wildman–Crippen MR) is 132 cm³/mol. The Morgan fingerprint density at radius 1 is 0.794 bits per heavy atom. The van der Waals surface area contributed by atoms with Crippen molar-refractivity contribution < 1.29 is 23.9 Å². The van der Waals surface area contributed by atoms with E-state index in [0.29, 0.717) is 5.56 Å². The van der Waals surface area contributed by atoms with E-state index in [0.717, 1.165) is 17.4 Å². The highest BCUT2D eigenvalue weighted by Gasteiger charge is 2.19. The van der Waals surface area contributed by atoms with Gasteiger partial charge in [-0.25, -0.2) is 0 Å². The summed E-state index contributed by atoms with van der Waals surface area (Å²) >= 11 is 0. The highest BCUT2D eigenvalue weighted by atomic mass is 35.5. The molecule has 3 aromatic carbocycles. The standard InChI is InChI=1S/C27H27NO5.ClH/c1-19(2)28-23(18-29)22-13-14-24(32-26(30)15-20-9-5-3-6-10-20)25(17-22)33-27(31)16-21-11-7-4-8-12-21;/h3-14,17-19,23,28H,15-16H2,1-2H3;1H. The van der Waals surface area contributed by atoms with Gasteiger partial charge < -0.3 is 19.6 Å². The molecule has 0 aromatic heterocycles. The van der Waals surface area contributed by atoms with Crippen molar-refractivity contribution in [3.05, 3.63) is 95.6 Å². The lowest BCUT2D eigenvalue weighted by Gasteiger charge is -2.18.